The van der Waals surface area contributed by atoms with Gasteiger partial charge in [0.2, 0.25) is 22.3 Å². The Morgan fingerprint density at radius 2 is 0.747 bits per heavy atom. The first-order valence-electron chi connectivity index (χ1n) is 27.1. The molecule has 2 aliphatic carbocycles. The van der Waals surface area contributed by atoms with Crippen molar-refractivity contribution < 1.29 is 47.6 Å². The molecule has 21 heteroatoms. The Balaban J connectivity index is 1.18. The van der Waals surface area contributed by atoms with Crippen molar-refractivity contribution in [1.29, 1.82) is 21.0 Å². The van der Waals surface area contributed by atoms with Crippen LogP contribution in [-0.2, 0) is 75.4 Å². The molecule has 11 rings (SSSR count). The van der Waals surface area contributed by atoms with Crippen molar-refractivity contribution in [2.24, 2.45) is 9.98 Å². The van der Waals surface area contributed by atoms with E-state index in [0.29, 0.717) is 63.6 Å². The number of benzene rings is 4. The summed E-state index contributed by atoms with van der Waals surface area (Å²) in [4.78, 5) is 74.2. The normalized spacial score (nSPS) is 13.1. The highest BCUT2D eigenvalue weighted by Gasteiger charge is 2.63. The Bertz CT molecular complexity index is 4040. The number of nitriles is 4. The van der Waals surface area contributed by atoms with E-state index in [-0.39, 0.29) is 93.2 Å². The van der Waals surface area contributed by atoms with Crippen molar-refractivity contribution >= 4 is 144 Å². The number of aliphatic imine (C=N–C) groups is 2. The molecule has 430 valence electrons. The fraction of sp³-hybridized carbons (Fsp3) is 0.182. The van der Waals surface area contributed by atoms with Crippen molar-refractivity contribution in [3.63, 3.8) is 0 Å². The van der Waals surface area contributed by atoms with Crippen LogP contribution in [0.25, 0.3) is 42.1 Å². The van der Waals surface area contributed by atoms with Crippen LogP contribution in [0.4, 0.5) is 10.0 Å². The van der Waals surface area contributed by atoms with E-state index in [4.69, 9.17) is 28.4 Å². The van der Waals surface area contributed by atoms with E-state index in [9.17, 15) is 21.0 Å². The Labute approximate surface area is 518 Å². The van der Waals surface area contributed by atoms with Crippen LogP contribution in [0.2, 0.25) is 0 Å². The third kappa shape index (κ3) is 11.1. The molecule has 0 aliphatic heterocycles. The lowest BCUT2D eigenvalue weighted by Gasteiger charge is -2.29. The van der Waals surface area contributed by atoms with Gasteiger partial charge in [0.1, 0.15) is 72.2 Å². The van der Waals surface area contributed by atoms with Gasteiger partial charge in [0, 0.05) is 44.2 Å². The van der Waals surface area contributed by atoms with E-state index in [2.05, 4.69) is 9.98 Å². The van der Waals surface area contributed by atoms with E-state index in [1.807, 2.05) is 38.1 Å². The van der Waals surface area contributed by atoms with Crippen molar-refractivity contribution in [1.82, 2.24) is 0 Å². The minimum Gasteiger partial charge on any atom is -0.492 e. The number of carbonyl (C=O) groups excluding carboxylic acids is 4. The zero-order valence-electron chi connectivity index (χ0n) is 46.3. The Kier molecular flexibility index (Phi) is 17.5. The highest BCUT2D eigenvalue weighted by atomic mass is 32.1. The molecule has 4 aromatic carbocycles. The average Bonchev–Trinajstić information content (AvgIpc) is 1.58. The van der Waals surface area contributed by atoms with E-state index in [1.165, 1.54) is 34.0 Å². The van der Waals surface area contributed by atoms with Crippen LogP contribution < -0.4 is 9.47 Å². The van der Waals surface area contributed by atoms with Gasteiger partial charge in [-0.3, -0.25) is 19.2 Å². The number of hydrogen-bond acceptors (Lipinski definition) is 21. The van der Waals surface area contributed by atoms with Crippen LogP contribution in [0, 0.1) is 45.3 Å². The minimum absolute atomic E-state index is 0.135. The molecule has 0 atom stereocenters. The smallest absolute Gasteiger partial charge is 0.333 e. The number of carbonyl (C=O) groups is 4. The van der Waals surface area contributed by atoms with Gasteiger partial charge < -0.3 is 28.4 Å². The van der Waals surface area contributed by atoms with Gasteiger partial charge in [-0.05, 0) is 47.2 Å². The molecule has 0 spiro atoms. The zero-order valence-corrected chi connectivity index (χ0v) is 50.4. The number of rotatable bonds is 22. The zero-order chi connectivity index (χ0) is 60.7. The summed E-state index contributed by atoms with van der Waals surface area (Å²) in [6, 6.07) is 46.3. The Morgan fingerprint density at radius 1 is 0.437 bits per heavy atom. The summed E-state index contributed by atoms with van der Waals surface area (Å²) in [5, 5.41) is 39.6. The van der Waals surface area contributed by atoms with Gasteiger partial charge in [-0.1, -0.05) is 135 Å². The maximum Gasteiger partial charge on any atom is 0.333 e. The standard InChI is InChI=1S/C66H46N6O10S5/c1-3-25-77-47-29-51(71-43(31-67)32-68)85-55(47)45-27-49-53(65(45,61(73)79-35-39-17-9-5-10-18-39)62(74)80-36-40-19-11-6-12-20-40)57-59(83-49)60-58(87-57)54-50(84-60)28-46(56-48(78-26-4-2)30-52(86-56)72-44(33-69)34-70)66(54,63(75)81-37-41-21-13-7-14-22-41)64(76)82-38-42-23-15-8-16-24-42/h5-24,27-30H,3-4,25-26,35-38H2,1-2H3. The summed E-state index contributed by atoms with van der Waals surface area (Å²) in [5.41, 5.74) is -2.44. The number of fused-ring (bicyclic) bond motifs is 7. The first-order valence-corrected chi connectivity index (χ1v) is 31.2. The van der Waals surface area contributed by atoms with Crippen molar-refractivity contribution in [3.05, 3.63) is 186 Å². The fourth-order valence-electron chi connectivity index (χ4n) is 10.2. The molecule has 0 saturated carbocycles. The number of nitrogens with zero attached hydrogens (tertiary/aromatic N) is 6. The molecule has 0 bridgehead atoms. The van der Waals surface area contributed by atoms with Gasteiger partial charge in [0.25, 0.3) is 0 Å². The summed E-state index contributed by atoms with van der Waals surface area (Å²) in [6.45, 7) is 3.26. The van der Waals surface area contributed by atoms with Gasteiger partial charge in [0.05, 0.1) is 41.8 Å². The maximum atomic E-state index is 16.0. The van der Waals surface area contributed by atoms with Crippen molar-refractivity contribution in [2.45, 2.75) is 63.9 Å². The van der Waals surface area contributed by atoms with Gasteiger partial charge in [-0.15, -0.1) is 56.7 Å². The lowest BCUT2D eigenvalue weighted by Crippen LogP contribution is -2.46. The van der Waals surface area contributed by atoms with Gasteiger partial charge >= 0.3 is 23.9 Å². The molecule has 2 aliphatic rings. The monoisotopic (exact) mass is 1240 g/mol. The highest BCUT2D eigenvalue weighted by Crippen LogP contribution is 2.64. The molecule has 16 nitrogen and oxygen atoms in total. The molecule has 9 aromatic rings. The van der Waals surface area contributed by atoms with E-state index >= 15 is 19.2 Å². The summed E-state index contributed by atoms with van der Waals surface area (Å²) in [6.07, 6.45) is 4.61. The quantitative estimate of drug-likeness (QED) is 0.0265. The molecule has 87 heavy (non-hydrogen) atoms. The molecule has 0 fully saturated rings. The van der Waals surface area contributed by atoms with Gasteiger partial charge in [-0.25, -0.2) is 9.98 Å². The van der Waals surface area contributed by atoms with E-state index < -0.39 is 46.1 Å². The molecular weight excluding hydrogens is 1200 g/mol. The molecule has 0 amide bonds. The Morgan fingerprint density at radius 3 is 1.03 bits per heavy atom. The molecule has 0 unspecified atom stereocenters. The number of ether oxygens (including phenoxy) is 6. The second kappa shape index (κ2) is 25.8. The molecule has 5 aromatic heterocycles. The van der Waals surface area contributed by atoms with E-state index in [1.54, 1.807) is 146 Å². The number of hydrogen-bond donors (Lipinski definition) is 0. The van der Waals surface area contributed by atoms with Crippen LogP contribution in [0.5, 0.6) is 11.5 Å². The van der Waals surface area contributed by atoms with E-state index in [0.717, 1.165) is 22.7 Å². The topological polar surface area (TPSA) is 244 Å². The molecule has 0 saturated heterocycles. The lowest BCUT2D eigenvalue weighted by molar-refractivity contribution is -0.164. The largest absolute Gasteiger partial charge is 0.492 e. The lowest BCUT2D eigenvalue weighted by atomic mass is 9.76. The second-order valence-electron chi connectivity index (χ2n) is 19.6. The predicted octanol–water partition coefficient (Wildman–Crippen LogP) is 14.7. The maximum absolute atomic E-state index is 16.0. The van der Waals surface area contributed by atoms with Crippen LogP contribution in [0.3, 0.4) is 0 Å². The Hall–Kier alpha value is -9.84. The summed E-state index contributed by atoms with van der Waals surface area (Å²) >= 11 is 5.76. The average molecular weight is 1240 g/mol. The van der Waals surface area contributed by atoms with Crippen molar-refractivity contribution in [3.8, 4) is 35.8 Å². The van der Waals surface area contributed by atoms with Crippen LogP contribution in [0.15, 0.2) is 143 Å². The molecular formula is C66H46N6O10S5. The summed E-state index contributed by atoms with van der Waals surface area (Å²) in [5.74, 6) is -3.48. The number of thiophene rings is 5. The first-order chi connectivity index (χ1) is 42.5. The van der Waals surface area contributed by atoms with Gasteiger partial charge in [-0.2, -0.15) is 21.0 Å². The number of esters is 4. The first kappa shape index (κ1) is 58.9. The summed E-state index contributed by atoms with van der Waals surface area (Å²) in [7, 11) is 0. The minimum atomic E-state index is -2.41. The second-order valence-corrected chi connectivity index (χ2v) is 24.8. The third-order valence-electron chi connectivity index (χ3n) is 14.0. The van der Waals surface area contributed by atoms with Gasteiger partial charge in [0.15, 0.2) is 0 Å². The highest BCUT2D eigenvalue weighted by molar-refractivity contribution is 7.39. The molecule has 0 radical (unpaired) electrons. The molecule has 5 heterocycles. The van der Waals surface area contributed by atoms with Crippen LogP contribution >= 0.6 is 56.7 Å². The van der Waals surface area contributed by atoms with Crippen LogP contribution in [0.1, 0.15) is 79.6 Å². The third-order valence-corrected chi connectivity index (χ3v) is 20.0. The fourth-order valence-corrected chi connectivity index (χ4v) is 16.9. The predicted molar refractivity (Wildman–Crippen MR) is 336 cm³/mol. The molecule has 0 N–H and O–H groups in total. The summed E-state index contributed by atoms with van der Waals surface area (Å²) < 4.78 is 40.2. The van der Waals surface area contributed by atoms with Crippen molar-refractivity contribution in [2.75, 3.05) is 13.2 Å². The SMILES string of the molecule is CCCOc1cc(N=C(C#N)C#N)sc1C1=Cc2sc3c(sc4c5c(sc43)C=C(c3sc(N=C(C#N)C#N)cc3OCCC)C5(C(=O)OCc3ccccc3)C(=O)OCc3ccccc3)c2C1(C(=O)OCc1ccccc1)C(=O)OCc1ccccc1. The van der Waals surface area contributed by atoms with Crippen LogP contribution in [-0.4, -0.2) is 48.5 Å².